The Labute approximate surface area is 158 Å². The number of carbonyl (C=O) groups excluding carboxylic acids is 1. The Kier molecular flexibility index (Phi) is 4.49. The van der Waals surface area contributed by atoms with Crippen LogP contribution in [0.5, 0.6) is 0 Å². The molecule has 0 saturated carbocycles. The zero-order valence-corrected chi connectivity index (χ0v) is 15.5. The van der Waals surface area contributed by atoms with E-state index in [0.29, 0.717) is 18.8 Å². The lowest BCUT2D eigenvalue weighted by Gasteiger charge is -2.27. The summed E-state index contributed by atoms with van der Waals surface area (Å²) in [5, 5.41) is 0. The number of hydrogen-bond acceptors (Lipinski definition) is 5. The molecule has 1 aromatic heterocycles. The summed E-state index contributed by atoms with van der Waals surface area (Å²) in [5.74, 6) is 0.474. The average molecular weight is 362 g/mol. The number of fused-ring (bicyclic) bond motifs is 1. The number of morpholine rings is 1. The third kappa shape index (κ3) is 3.24. The number of anilines is 1. The highest BCUT2D eigenvalue weighted by Gasteiger charge is 2.15. The standard InChI is InChI=1S/C21H22N4O2/c1-13-14(2)17(21(22)26)5-4-16(13)15-3-6-18-19(11-15)24-20(12-23-18)25-7-9-27-10-8-25/h3-6,11-12H,7-10H2,1-2H3,(H2,22,26). The van der Waals surface area contributed by atoms with Crippen molar-refractivity contribution in [2.75, 3.05) is 31.2 Å². The van der Waals surface area contributed by atoms with Gasteiger partial charge in [0.25, 0.3) is 0 Å². The number of amides is 1. The molecule has 27 heavy (non-hydrogen) atoms. The van der Waals surface area contributed by atoms with Gasteiger partial charge in [0.05, 0.1) is 30.4 Å². The van der Waals surface area contributed by atoms with E-state index in [4.69, 9.17) is 15.5 Å². The average Bonchev–Trinajstić information content (AvgIpc) is 2.69. The molecule has 1 saturated heterocycles. The van der Waals surface area contributed by atoms with Gasteiger partial charge >= 0.3 is 0 Å². The smallest absolute Gasteiger partial charge is 0.248 e. The number of nitrogens with zero attached hydrogens (tertiary/aromatic N) is 3. The van der Waals surface area contributed by atoms with Crippen LogP contribution in [0.2, 0.25) is 0 Å². The minimum Gasteiger partial charge on any atom is -0.378 e. The van der Waals surface area contributed by atoms with Crippen molar-refractivity contribution < 1.29 is 9.53 Å². The first-order valence-corrected chi connectivity index (χ1v) is 9.04. The van der Waals surface area contributed by atoms with Crippen LogP contribution in [0.3, 0.4) is 0 Å². The van der Waals surface area contributed by atoms with Gasteiger partial charge in [-0.3, -0.25) is 9.78 Å². The molecule has 2 N–H and O–H groups in total. The molecule has 0 spiro atoms. The molecule has 6 heteroatoms. The summed E-state index contributed by atoms with van der Waals surface area (Å²) in [5.41, 5.74) is 11.8. The van der Waals surface area contributed by atoms with Crippen LogP contribution < -0.4 is 10.6 Å². The second kappa shape index (κ2) is 6.96. The Morgan fingerprint density at radius 1 is 1.07 bits per heavy atom. The van der Waals surface area contributed by atoms with E-state index >= 15 is 0 Å². The predicted molar refractivity (Wildman–Crippen MR) is 106 cm³/mol. The minimum atomic E-state index is -0.401. The lowest BCUT2D eigenvalue weighted by atomic mass is 9.93. The van der Waals surface area contributed by atoms with Crippen molar-refractivity contribution in [2.24, 2.45) is 5.73 Å². The van der Waals surface area contributed by atoms with Gasteiger partial charge in [0.1, 0.15) is 5.82 Å². The Balaban J connectivity index is 1.76. The van der Waals surface area contributed by atoms with Crippen molar-refractivity contribution in [3.63, 3.8) is 0 Å². The number of hydrogen-bond donors (Lipinski definition) is 1. The Hall–Kier alpha value is -2.99. The van der Waals surface area contributed by atoms with Crippen molar-refractivity contribution in [2.45, 2.75) is 13.8 Å². The summed E-state index contributed by atoms with van der Waals surface area (Å²) in [6.07, 6.45) is 1.82. The molecule has 0 unspecified atom stereocenters. The van der Waals surface area contributed by atoms with Gasteiger partial charge < -0.3 is 15.4 Å². The number of nitrogens with two attached hydrogens (primary N) is 1. The maximum absolute atomic E-state index is 11.6. The topological polar surface area (TPSA) is 81.3 Å². The van der Waals surface area contributed by atoms with Crippen molar-refractivity contribution in [3.8, 4) is 11.1 Å². The van der Waals surface area contributed by atoms with Crippen LogP contribution in [0.15, 0.2) is 36.5 Å². The lowest BCUT2D eigenvalue weighted by molar-refractivity contribution is 0.0999. The Bertz CT molecular complexity index is 1030. The zero-order chi connectivity index (χ0) is 19.0. The van der Waals surface area contributed by atoms with Gasteiger partial charge in [-0.1, -0.05) is 12.1 Å². The van der Waals surface area contributed by atoms with Gasteiger partial charge in [0.15, 0.2) is 0 Å². The van der Waals surface area contributed by atoms with E-state index in [1.54, 1.807) is 6.07 Å². The van der Waals surface area contributed by atoms with E-state index in [1.807, 2.05) is 38.2 Å². The molecule has 6 nitrogen and oxygen atoms in total. The first-order chi connectivity index (χ1) is 13.0. The maximum atomic E-state index is 11.6. The van der Waals surface area contributed by atoms with Crippen molar-refractivity contribution in [3.05, 3.63) is 53.2 Å². The fourth-order valence-electron chi connectivity index (χ4n) is 3.51. The third-order valence-electron chi connectivity index (χ3n) is 5.23. The SMILES string of the molecule is Cc1c(C(N)=O)ccc(-c2ccc3ncc(N4CCOCC4)nc3c2)c1C. The molecule has 3 aromatic rings. The van der Waals surface area contributed by atoms with Crippen LogP contribution in [0, 0.1) is 13.8 Å². The van der Waals surface area contributed by atoms with Crippen molar-refractivity contribution in [1.82, 2.24) is 9.97 Å². The van der Waals surface area contributed by atoms with Crippen molar-refractivity contribution in [1.29, 1.82) is 0 Å². The first kappa shape index (κ1) is 17.4. The van der Waals surface area contributed by atoms with Crippen LogP contribution in [-0.2, 0) is 4.74 Å². The molecule has 1 fully saturated rings. The molecule has 1 aliphatic heterocycles. The summed E-state index contributed by atoms with van der Waals surface area (Å²) >= 11 is 0. The Morgan fingerprint density at radius 2 is 1.85 bits per heavy atom. The fraction of sp³-hybridized carbons (Fsp3) is 0.286. The third-order valence-corrected chi connectivity index (χ3v) is 5.23. The quantitative estimate of drug-likeness (QED) is 0.775. The van der Waals surface area contributed by atoms with Crippen LogP contribution in [-0.4, -0.2) is 42.2 Å². The van der Waals surface area contributed by atoms with E-state index in [0.717, 1.165) is 52.2 Å². The molecule has 0 aliphatic carbocycles. The molecule has 1 aliphatic rings. The minimum absolute atomic E-state index is 0.401. The van der Waals surface area contributed by atoms with Gasteiger partial charge in [-0.2, -0.15) is 0 Å². The summed E-state index contributed by atoms with van der Waals surface area (Å²) in [6, 6.07) is 9.82. The lowest BCUT2D eigenvalue weighted by Crippen LogP contribution is -2.36. The van der Waals surface area contributed by atoms with E-state index in [-0.39, 0.29) is 0 Å². The van der Waals surface area contributed by atoms with Gasteiger partial charge in [0, 0.05) is 18.7 Å². The van der Waals surface area contributed by atoms with Crippen LogP contribution in [0.4, 0.5) is 5.82 Å². The molecule has 0 bridgehead atoms. The molecule has 2 aromatic carbocycles. The highest BCUT2D eigenvalue weighted by Crippen LogP contribution is 2.29. The zero-order valence-electron chi connectivity index (χ0n) is 15.5. The predicted octanol–water partition coefficient (Wildman–Crippen LogP) is 2.85. The number of rotatable bonds is 3. The van der Waals surface area contributed by atoms with Crippen molar-refractivity contribution >= 4 is 22.8 Å². The van der Waals surface area contributed by atoms with Gasteiger partial charge in [0.2, 0.25) is 5.91 Å². The summed E-state index contributed by atoms with van der Waals surface area (Å²) in [7, 11) is 0. The van der Waals surface area contributed by atoms with Gasteiger partial charge in [-0.15, -0.1) is 0 Å². The number of benzene rings is 2. The van der Waals surface area contributed by atoms with Gasteiger partial charge in [-0.25, -0.2) is 4.98 Å². The second-order valence-corrected chi connectivity index (χ2v) is 6.81. The normalized spacial score (nSPS) is 14.5. The molecule has 2 heterocycles. The van der Waals surface area contributed by atoms with E-state index in [2.05, 4.69) is 16.0 Å². The van der Waals surface area contributed by atoms with E-state index < -0.39 is 5.91 Å². The molecule has 4 rings (SSSR count). The van der Waals surface area contributed by atoms with Gasteiger partial charge in [-0.05, 0) is 54.3 Å². The number of aromatic nitrogens is 2. The number of primary amides is 1. The van der Waals surface area contributed by atoms with E-state index in [9.17, 15) is 4.79 Å². The molecular weight excluding hydrogens is 340 g/mol. The number of carbonyl (C=O) groups is 1. The summed E-state index contributed by atoms with van der Waals surface area (Å²) in [6.45, 7) is 7.02. The van der Waals surface area contributed by atoms with Crippen LogP contribution in [0.1, 0.15) is 21.5 Å². The fourth-order valence-corrected chi connectivity index (χ4v) is 3.51. The summed E-state index contributed by atoms with van der Waals surface area (Å²) < 4.78 is 5.41. The molecule has 0 atom stereocenters. The number of ether oxygens (including phenoxy) is 1. The molecule has 0 radical (unpaired) electrons. The van der Waals surface area contributed by atoms with Crippen LogP contribution >= 0.6 is 0 Å². The first-order valence-electron chi connectivity index (χ1n) is 9.04. The second-order valence-electron chi connectivity index (χ2n) is 6.81. The largest absolute Gasteiger partial charge is 0.378 e. The monoisotopic (exact) mass is 362 g/mol. The molecule has 138 valence electrons. The van der Waals surface area contributed by atoms with E-state index in [1.165, 1.54) is 0 Å². The summed E-state index contributed by atoms with van der Waals surface area (Å²) in [4.78, 5) is 23.1. The molecular formula is C21H22N4O2. The Morgan fingerprint density at radius 3 is 2.59 bits per heavy atom. The highest BCUT2D eigenvalue weighted by atomic mass is 16.5. The molecule has 1 amide bonds. The van der Waals surface area contributed by atoms with Crippen LogP contribution in [0.25, 0.3) is 22.2 Å². The highest BCUT2D eigenvalue weighted by molar-refractivity contribution is 5.96. The maximum Gasteiger partial charge on any atom is 0.248 e.